The minimum Gasteiger partial charge on any atom is -0.352 e. The van der Waals surface area contributed by atoms with Crippen LogP contribution in [0.3, 0.4) is 0 Å². The third-order valence-electron chi connectivity index (χ3n) is 4.47. The third-order valence-corrected chi connectivity index (χ3v) is 5.37. The Morgan fingerprint density at radius 3 is 2.21 bits per heavy atom. The van der Waals surface area contributed by atoms with Crippen molar-refractivity contribution in [3.05, 3.63) is 64.2 Å². The molecule has 0 spiro atoms. The summed E-state index contributed by atoms with van der Waals surface area (Å²) in [6.45, 7) is 8.70. The second-order valence-corrected chi connectivity index (χ2v) is 10.2. The first kappa shape index (κ1) is 22.2. The highest BCUT2D eigenvalue weighted by molar-refractivity contribution is 7.92. The molecule has 7 heteroatoms. The Morgan fingerprint density at radius 1 is 1.11 bits per heavy atom. The van der Waals surface area contributed by atoms with Crippen LogP contribution >= 0.6 is 11.6 Å². The van der Waals surface area contributed by atoms with Gasteiger partial charge < -0.3 is 5.32 Å². The van der Waals surface area contributed by atoms with Gasteiger partial charge in [-0.3, -0.25) is 9.52 Å². The van der Waals surface area contributed by atoms with Gasteiger partial charge in [0.1, 0.15) is 0 Å². The zero-order valence-electron chi connectivity index (χ0n) is 16.8. The molecule has 1 unspecified atom stereocenters. The second-order valence-electron chi connectivity index (χ2n) is 8.00. The van der Waals surface area contributed by atoms with Gasteiger partial charge >= 0.3 is 0 Å². The molecule has 0 heterocycles. The van der Waals surface area contributed by atoms with Crippen LogP contribution in [0.5, 0.6) is 0 Å². The van der Waals surface area contributed by atoms with Gasteiger partial charge in [0.25, 0.3) is 0 Å². The Bertz CT molecular complexity index is 949. The van der Waals surface area contributed by atoms with Crippen LogP contribution in [0.15, 0.2) is 42.5 Å². The van der Waals surface area contributed by atoms with Crippen molar-refractivity contribution >= 4 is 33.2 Å². The van der Waals surface area contributed by atoms with Gasteiger partial charge in [0.15, 0.2) is 0 Å². The monoisotopic (exact) mass is 422 g/mol. The van der Waals surface area contributed by atoms with Crippen molar-refractivity contribution in [2.45, 2.75) is 45.6 Å². The molecule has 2 aromatic carbocycles. The summed E-state index contributed by atoms with van der Waals surface area (Å²) < 4.78 is 25.0. The molecule has 0 aliphatic heterocycles. The Balaban J connectivity index is 2.01. The maximum Gasteiger partial charge on any atom is 0.229 e. The van der Waals surface area contributed by atoms with Gasteiger partial charge in [-0.25, -0.2) is 8.42 Å². The first-order chi connectivity index (χ1) is 12.9. The molecule has 0 bridgehead atoms. The molecule has 0 aliphatic rings. The normalized spacial score (nSPS) is 13.1. The lowest BCUT2D eigenvalue weighted by atomic mass is 9.87. The number of amides is 1. The molecule has 2 aromatic rings. The lowest BCUT2D eigenvalue weighted by Crippen LogP contribution is -2.27. The number of nitrogens with one attached hydrogen (secondary N) is 2. The van der Waals surface area contributed by atoms with Crippen molar-refractivity contribution in [3.8, 4) is 0 Å². The second kappa shape index (κ2) is 8.53. The summed E-state index contributed by atoms with van der Waals surface area (Å²) in [6.07, 6.45) is 1.06. The fraction of sp³-hybridized carbons (Fsp3) is 0.381. The summed E-state index contributed by atoms with van der Waals surface area (Å²) in [5.41, 5.74) is 3.37. The molecule has 5 nitrogen and oxygen atoms in total. The molecular weight excluding hydrogens is 396 g/mol. The van der Waals surface area contributed by atoms with E-state index in [0.29, 0.717) is 17.8 Å². The van der Waals surface area contributed by atoms with E-state index in [1.54, 1.807) is 25.1 Å². The highest BCUT2D eigenvalue weighted by atomic mass is 35.5. The SMILES string of the molecule is CC(C(=O)NCc1ccc(C(C)(C)C)cc1)c1ccc(NS(C)(=O)=O)c(Cl)c1. The molecule has 152 valence electrons. The molecular formula is C21H27ClN2O3S. The predicted octanol–water partition coefficient (Wildman–Crippen LogP) is 4.43. The summed E-state index contributed by atoms with van der Waals surface area (Å²) in [5.74, 6) is -0.543. The summed E-state index contributed by atoms with van der Waals surface area (Å²) in [6, 6.07) is 13.1. The summed E-state index contributed by atoms with van der Waals surface area (Å²) in [7, 11) is -3.41. The fourth-order valence-corrected chi connectivity index (χ4v) is 3.57. The first-order valence-electron chi connectivity index (χ1n) is 9.01. The largest absolute Gasteiger partial charge is 0.352 e. The number of anilines is 1. The average Bonchev–Trinajstić information content (AvgIpc) is 2.59. The van der Waals surface area contributed by atoms with Crippen LogP contribution in [0.25, 0.3) is 0 Å². The molecule has 0 radical (unpaired) electrons. The molecule has 2 rings (SSSR count). The maximum atomic E-state index is 12.5. The van der Waals surface area contributed by atoms with Crippen molar-refractivity contribution in [2.75, 3.05) is 11.0 Å². The van der Waals surface area contributed by atoms with Crippen molar-refractivity contribution in [1.82, 2.24) is 5.32 Å². The van der Waals surface area contributed by atoms with Crippen molar-refractivity contribution in [1.29, 1.82) is 0 Å². The van der Waals surface area contributed by atoms with Gasteiger partial charge in [0.2, 0.25) is 15.9 Å². The van der Waals surface area contributed by atoms with Crippen molar-refractivity contribution in [2.24, 2.45) is 0 Å². The Kier molecular flexibility index (Phi) is 6.78. The Morgan fingerprint density at radius 2 is 1.71 bits per heavy atom. The number of carbonyl (C=O) groups is 1. The third kappa shape index (κ3) is 6.24. The molecule has 0 aliphatic carbocycles. The van der Waals surface area contributed by atoms with Crippen molar-refractivity contribution < 1.29 is 13.2 Å². The van der Waals surface area contributed by atoms with Crippen LogP contribution in [0, 0.1) is 0 Å². The van der Waals surface area contributed by atoms with E-state index in [0.717, 1.165) is 11.8 Å². The molecule has 0 aromatic heterocycles. The predicted molar refractivity (Wildman–Crippen MR) is 115 cm³/mol. The van der Waals surface area contributed by atoms with E-state index >= 15 is 0 Å². The van der Waals surface area contributed by atoms with E-state index in [4.69, 9.17) is 11.6 Å². The van der Waals surface area contributed by atoms with Crippen LogP contribution < -0.4 is 10.0 Å². The molecule has 28 heavy (non-hydrogen) atoms. The van der Waals surface area contributed by atoms with Crippen LogP contribution in [-0.4, -0.2) is 20.6 Å². The molecule has 2 N–H and O–H groups in total. The molecule has 1 amide bonds. The van der Waals surface area contributed by atoms with Gasteiger partial charge in [0, 0.05) is 6.54 Å². The zero-order valence-corrected chi connectivity index (χ0v) is 18.4. The number of hydrogen-bond donors (Lipinski definition) is 2. The quantitative estimate of drug-likeness (QED) is 0.723. The molecule has 0 saturated heterocycles. The number of hydrogen-bond acceptors (Lipinski definition) is 3. The lowest BCUT2D eigenvalue weighted by Gasteiger charge is -2.19. The summed E-state index contributed by atoms with van der Waals surface area (Å²) in [5, 5.41) is 3.18. The number of carbonyl (C=O) groups excluding carboxylic acids is 1. The van der Waals surface area contributed by atoms with Gasteiger partial charge in [-0.2, -0.15) is 0 Å². The van der Waals surface area contributed by atoms with Gasteiger partial charge in [0.05, 0.1) is 22.9 Å². The molecule has 0 fully saturated rings. The number of rotatable bonds is 6. The summed E-state index contributed by atoms with van der Waals surface area (Å²) >= 11 is 6.15. The molecule has 0 saturated carbocycles. The number of sulfonamides is 1. The van der Waals surface area contributed by atoms with Crippen LogP contribution in [0.4, 0.5) is 5.69 Å². The van der Waals surface area contributed by atoms with E-state index in [1.165, 1.54) is 5.56 Å². The van der Waals surface area contributed by atoms with E-state index in [9.17, 15) is 13.2 Å². The van der Waals surface area contributed by atoms with Gasteiger partial charge in [-0.15, -0.1) is 0 Å². The van der Waals surface area contributed by atoms with Crippen molar-refractivity contribution in [3.63, 3.8) is 0 Å². The standard InChI is InChI=1S/C21H27ClN2O3S/c1-14(16-8-11-19(18(22)12-16)24-28(5,26)27)20(25)23-13-15-6-9-17(10-7-15)21(2,3)4/h6-12,14,24H,13H2,1-5H3,(H,23,25). The maximum absolute atomic E-state index is 12.5. The number of benzene rings is 2. The smallest absolute Gasteiger partial charge is 0.229 e. The van der Waals surface area contributed by atoms with E-state index < -0.39 is 15.9 Å². The van der Waals surface area contributed by atoms with E-state index in [2.05, 4.69) is 42.9 Å². The average molecular weight is 423 g/mol. The van der Waals surface area contributed by atoms with Gasteiger partial charge in [-0.05, 0) is 41.2 Å². The highest BCUT2D eigenvalue weighted by Crippen LogP contribution is 2.27. The lowest BCUT2D eigenvalue weighted by molar-refractivity contribution is -0.122. The van der Waals surface area contributed by atoms with Crippen LogP contribution in [-0.2, 0) is 26.8 Å². The van der Waals surface area contributed by atoms with Crippen LogP contribution in [0.1, 0.15) is 50.3 Å². The van der Waals surface area contributed by atoms with Crippen LogP contribution in [0.2, 0.25) is 5.02 Å². The summed E-state index contributed by atoms with van der Waals surface area (Å²) in [4.78, 5) is 12.5. The highest BCUT2D eigenvalue weighted by Gasteiger charge is 2.17. The molecule has 1 atom stereocenters. The minimum atomic E-state index is -3.41. The Labute approximate surface area is 172 Å². The minimum absolute atomic E-state index is 0.0910. The zero-order chi connectivity index (χ0) is 21.1. The van der Waals surface area contributed by atoms with E-state index in [1.807, 2.05) is 12.1 Å². The Hall–Kier alpha value is -2.05. The van der Waals surface area contributed by atoms with Gasteiger partial charge in [-0.1, -0.05) is 62.7 Å². The fourth-order valence-electron chi connectivity index (χ4n) is 2.70. The number of halogens is 1. The van der Waals surface area contributed by atoms with E-state index in [-0.39, 0.29) is 16.3 Å². The topological polar surface area (TPSA) is 75.3 Å². The first-order valence-corrected chi connectivity index (χ1v) is 11.3.